The van der Waals surface area contributed by atoms with Gasteiger partial charge in [-0.15, -0.1) is 0 Å². The van der Waals surface area contributed by atoms with Gasteiger partial charge in [0, 0.05) is 11.7 Å². The van der Waals surface area contributed by atoms with Crippen LogP contribution in [0.4, 0.5) is 10.1 Å². The lowest BCUT2D eigenvalue weighted by molar-refractivity contribution is 0.101. The zero-order valence-corrected chi connectivity index (χ0v) is 10.3. The Morgan fingerprint density at radius 1 is 1.41 bits per heavy atom. The van der Waals surface area contributed by atoms with E-state index in [1.54, 1.807) is 12.1 Å². The van der Waals surface area contributed by atoms with Crippen molar-refractivity contribution in [1.82, 2.24) is 0 Å². The summed E-state index contributed by atoms with van der Waals surface area (Å²) in [7, 11) is 0. The van der Waals surface area contributed by atoms with Crippen LogP contribution in [0.2, 0.25) is 0 Å². The van der Waals surface area contributed by atoms with E-state index in [2.05, 4.69) is 12.2 Å². The van der Waals surface area contributed by atoms with Gasteiger partial charge < -0.3 is 5.32 Å². The number of benzene rings is 1. The first-order valence-corrected chi connectivity index (χ1v) is 6.14. The van der Waals surface area contributed by atoms with E-state index < -0.39 is 5.82 Å². The van der Waals surface area contributed by atoms with Gasteiger partial charge in [-0.1, -0.05) is 13.0 Å². The van der Waals surface area contributed by atoms with E-state index in [0.29, 0.717) is 17.6 Å². The largest absolute Gasteiger partial charge is 0.382 e. The summed E-state index contributed by atoms with van der Waals surface area (Å²) >= 11 is 0. The van der Waals surface area contributed by atoms with E-state index >= 15 is 0 Å². The lowest BCUT2D eigenvalue weighted by atomic mass is 10.1. The number of nitrogens with one attached hydrogen (secondary N) is 1. The van der Waals surface area contributed by atoms with Crippen molar-refractivity contribution in [2.75, 3.05) is 5.32 Å². The summed E-state index contributed by atoms with van der Waals surface area (Å²) in [5, 5.41) is 3.30. The molecule has 0 spiro atoms. The van der Waals surface area contributed by atoms with Crippen LogP contribution in [0.15, 0.2) is 18.2 Å². The molecular weight excluding hydrogens is 217 g/mol. The number of rotatable bonds is 3. The molecule has 0 aromatic heterocycles. The monoisotopic (exact) mass is 235 g/mol. The highest BCUT2D eigenvalue weighted by molar-refractivity contribution is 5.99. The average molecular weight is 235 g/mol. The molecular formula is C14H18FNO. The minimum absolute atomic E-state index is 0.187. The second-order valence-corrected chi connectivity index (χ2v) is 4.98. The molecule has 17 heavy (non-hydrogen) atoms. The number of carbonyl (C=O) groups is 1. The first kappa shape index (κ1) is 12.1. The van der Waals surface area contributed by atoms with Crippen molar-refractivity contribution in [3.8, 4) is 0 Å². The highest BCUT2D eigenvalue weighted by Gasteiger charge is 2.23. The number of ketones is 1. The molecule has 3 heteroatoms. The van der Waals surface area contributed by atoms with Gasteiger partial charge in [0.2, 0.25) is 0 Å². The average Bonchev–Trinajstić information content (AvgIpc) is 2.63. The van der Waals surface area contributed by atoms with Gasteiger partial charge in [-0.25, -0.2) is 4.39 Å². The molecule has 1 aliphatic carbocycles. The number of Topliss-reactive ketones (excluding diaryl/α,β-unsaturated/α-hetero) is 1. The molecule has 1 N–H and O–H groups in total. The quantitative estimate of drug-likeness (QED) is 0.810. The van der Waals surface area contributed by atoms with Crippen molar-refractivity contribution in [2.24, 2.45) is 5.92 Å². The van der Waals surface area contributed by atoms with Gasteiger partial charge in [0.15, 0.2) is 5.78 Å². The third kappa shape index (κ3) is 2.65. The third-order valence-corrected chi connectivity index (χ3v) is 3.42. The second-order valence-electron chi connectivity index (χ2n) is 4.98. The summed E-state index contributed by atoms with van der Waals surface area (Å²) in [6.45, 7) is 3.63. The van der Waals surface area contributed by atoms with Crippen LogP contribution in [0.3, 0.4) is 0 Å². The molecule has 2 atom stereocenters. The van der Waals surface area contributed by atoms with Crippen LogP contribution >= 0.6 is 0 Å². The summed E-state index contributed by atoms with van der Waals surface area (Å²) in [5.74, 6) is 0.0482. The van der Waals surface area contributed by atoms with Crippen molar-refractivity contribution >= 4 is 11.5 Å². The van der Waals surface area contributed by atoms with E-state index in [4.69, 9.17) is 0 Å². The van der Waals surface area contributed by atoms with Crippen LogP contribution in [-0.2, 0) is 0 Å². The number of hydrogen-bond donors (Lipinski definition) is 1. The van der Waals surface area contributed by atoms with E-state index in [0.717, 1.165) is 12.8 Å². The third-order valence-electron chi connectivity index (χ3n) is 3.42. The van der Waals surface area contributed by atoms with Crippen LogP contribution in [0.5, 0.6) is 0 Å². The standard InChI is InChI=1S/C14H18FNO/c1-9-6-7-11(8-9)16-13-5-3-4-12(15)14(13)10(2)17/h3-5,9,11,16H,6-8H2,1-2H3. The maximum atomic E-state index is 13.6. The Labute approximate surface area is 101 Å². The summed E-state index contributed by atoms with van der Waals surface area (Å²) in [4.78, 5) is 11.4. The Morgan fingerprint density at radius 3 is 2.76 bits per heavy atom. The van der Waals surface area contributed by atoms with Crippen LogP contribution < -0.4 is 5.32 Å². The van der Waals surface area contributed by atoms with Crippen LogP contribution in [-0.4, -0.2) is 11.8 Å². The Kier molecular flexibility index (Phi) is 3.46. The number of carbonyl (C=O) groups excluding carboxylic acids is 1. The molecule has 0 aliphatic heterocycles. The molecule has 0 amide bonds. The maximum absolute atomic E-state index is 13.6. The van der Waals surface area contributed by atoms with E-state index in [1.165, 1.54) is 19.4 Å². The maximum Gasteiger partial charge on any atom is 0.164 e. The molecule has 0 radical (unpaired) electrons. The summed E-state index contributed by atoms with van der Waals surface area (Å²) in [5.41, 5.74) is 0.823. The predicted octanol–water partition coefficient (Wildman–Crippen LogP) is 3.63. The minimum Gasteiger partial charge on any atom is -0.382 e. The van der Waals surface area contributed by atoms with Crippen molar-refractivity contribution in [3.63, 3.8) is 0 Å². The second kappa shape index (κ2) is 4.86. The smallest absolute Gasteiger partial charge is 0.164 e. The van der Waals surface area contributed by atoms with Gasteiger partial charge in [0.1, 0.15) is 5.82 Å². The van der Waals surface area contributed by atoms with Crippen LogP contribution in [0.1, 0.15) is 43.5 Å². The molecule has 0 bridgehead atoms. The SMILES string of the molecule is CC(=O)c1c(F)cccc1NC1CCC(C)C1. The Morgan fingerprint density at radius 2 is 2.18 bits per heavy atom. The lowest BCUT2D eigenvalue weighted by Gasteiger charge is -2.16. The molecule has 1 aromatic rings. The molecule has 2 nitrogen and oxygen atoms in total. The molecule has 2 rings (SSSR count). The molecule has 92 valence electrons. The number of hydrogen-bond acceptors (Lipinski definition) is 2. The lowest BCUT2D eigenvalue weighted by Crippen LogP contribution is -2.17. The number of halogens is 1. The summed E-state index contributed by atoms with van der Waals surface area (Å²) in [6.07, 6.45) is 3.38. The molecule has 1 aromatic carbocycles. The molecule has 1 aliphatic rings. The Hall–Kier alpha value is -1.38. The van der Waals surface area contributed by atoms with Gasteiger partial charge in [-0.3, -0.25) is 4.79 Å². The molecule has 1 fully saturated rings. The molecule has 0 saturated heterocycles. The summed E-state index contributed by atoms with van der Waals surface area (Å²) < 4.78 is 13.6. The first-order chi connectivity index (χ1) is 8.08. The molecule has 1 saturated carbocycles. The van der Waals surface area contributed by atoms with Crippen molar-refractivity contribution in [2.45, 2.75) is 39.2 Å². The van der Waals surface area contributed by atoms with Gasteiger partial charge in [0.05, 0.1) is 5.56 Å². The van der Waals surface area contributed by atoms with Gasteiger partial charge in [0.25, 0.3) is 0 Å². The first-order valence-electron chi connectivity index (χ1n) is 6.14. The highest BCUT2D eigenvalue weighted by Crippen LogP contribution is 2.29. The summed E-state index contributed by atoms with van der Waals surface area (Å²) in [6, 6.07) is 5.12. The van der Waals surface area contributed by atoms with E-state index in [9.17, 15) is 9.18 Å². The fourth-order valence-corrected chi connectivity index (χ4v) is 2.56. The zero-order valence-electron chi connectivity index (χ0n) is 10.3. The highest BCUT2D eigenvalue weighted by atomic mass is 19.1. The topological polar surface area (TPSA) is 29.1 Å². The predicted molar refractivity (Wildman–Crippen MR) is 66.8 cm³/mol. The van der Waals surface area contributed by atoms with Gasteiger partial charge in [-0.05, 0) is 44.2 Å². The molecule has 2 unspecified atom stereocenters. The van der Waals surface area contributed by atoms with E-state index in [1.807, 2.05) is 0 Å². The van der Waals surface area contributed by atoms with Crippen molar-refractivity contribution in [3.05, 3.63) is 29.6 Å². The van der Waals surface area contributed by atoms with Gasteiger partial charge in [-0.2, -0.15) is 0 Å². The normalized spacial score (nSPS) is 23.7. The van der Waals surface area contributed by atoms with Crippen LogP contribution in [0, 0.1) is 11.7 Å². The van der Waals surface area contributed by atoms with E-state index in [-0.39, 0.29) is 11.3 Å². The fraction of sp³-hybridized carbons (Fsp3) is 0.500. The Bertz CT molecular complexity index is 430. The van der Waals surface area contributed by atoms with Crippen molar-refractivity contribution < 1.29 is 9.18 Å². The van der Waals surface area contributed by atoms with Crippen molar-refractivity contribution in [1.29, 1.82) is 0 Å². The van der Waals surface area contributed by atoms with Crippen LogP contribution in [0.25, 0.3) is 0 Å². The molecule has 0 heterocycles. The minimum atomic E-state index is -0.437. The Balaban J connectivity index is 2.20. The fourth-order valence-electron chi connectivity index (χ4n) is 2.56. The zero-order chi connectivity index (χ0) is 12.4. The van der Waals surface area contributed by atoms with Gasteiger partial charge >= 0.3 is 0 Å². The number of anilines is 1.